The fraction of sp³-hybridized carbons (Fsp3) is 0.111. The summed E-state index contributed by atoms with van der Waals surface area (Å²) >= 11 is 6.04. The molecule has 1 fully saturated rings. The van der Waals surface area contributed by atoms with E-state index in [0.29, 0.717) is 28.7 Å². The minimum atomic E-state index is -0.426. The van der Waals surface area contributed by atoms with Gasteiger partial charge >= 0.3 is 0 Å². The van der Waals surface area contributed by atoms with Crippen molar-refractivity contribution in [1.82, 2.24) is 0 Å². The lowest BCUT2D eigenvalue weighted by molar-refractivity contribution is -0.122. The van der Waals surface area contributed by atoms with E-state index in [0.717, 1.165) is 16.5 Å². The molecule has 0 bridgehead atoms. The van der Waals surface area contributed by atoms with E-state index in [9.17, 15) is 9.59 Å². The fourth-order valence-electron chi connectivity index (χ4n) is 3.99. The second kappa shape index (κ2) is 8.96. The molecule has 1 N–H and O–H groups in total. The summed E-state index contributed by atoms with van der Waals surface area (Å²) in [5.74, 6) is 0.722. The molecule has 1 atom stereocenters. The summed E-state index contributed by atoms with van der Waals surface area (Å²) in [5, 5.41) is 5.72. The molecule has 2 amide bonds. The number of nitrogens with zero attached hydrogens (tertiary/aromatic N) is 1. The summed E-state index contributed by atoms with van der Waals surface area (Å²) in [5.41, 5.74) is 1.36. The first-order valence-electron chi connectivity index (χ1n) is 10.7. The van der Waals surface area contributed by atoms with Crippen LogP contribution in [0, 0.1) is 5.92 Å². The Bertz CT molecular complexity index is 1340. The molecular formula is C27H21ClN2O3. The van der Waals surface area contributed by atoms with Crippen LogP contribution < -0.4 is 15.0 Å². The second-order valence-electron chi connectivity index (χ2n) is 8.01. The highest BCUT2D eigenvalue weighted by Gasteiger charge is 2.35. The predicted octanol–water partition coefficient (Wildman–Crippen LogP) is 6.28. The molecule has 0 spiro atoms. The lowest BCUT2D eigenvalue weighted by atomic mass is 10.1. The zero-order valence-electron chi connectivity index (χ0n) is 17.7. The number of carbonyl (C=O) groups excluding carboxylic acids is 2. The molecule has 1 aliphatic heterocycles. The number of amides is 2. The van der Waals surface area contributed by atoms with Crippen molar-refractivity contribution < 1.29 is 14.3 Å². The molecule has 4 aromatic rings. The molecule has 0 unspecified atom stereocenters. The van der Waals surface area contributed by atoms with Gasteiger partial charge in [-0.1, -0.05) is 48.0 Å². The molecule has 0 radical (unpaired) electrons. The van der Waals surface area contributed by atoms with Crippen LogP contribution in [0.5, 0.6) is 11.5 Å². The first-order chi connectivity index (χ1) is 16.0. The molecule has 0 saturated carbocycles. The van der Waals surface area contributed by atoms with E-state index >= 15 is 0 Å². The van der Waals surface area contributed by atoms with Gasteiger partial charge in [-0.3, -0.25) is 9.59 Å². The third-order valence-corrected chi connectivity index (χ3v) is 5.93. The summed E-state index contributed by atoms with van der Waals surface area (Å²) in [6.45, 7) is 0.328. The average molecular weight is 457 g/mol. The van der Waals surface area contributed by atoms with Crippen molar-refractivity contribution in [1.29, 1.82) is 0 Å². The number of hydrogen-bond donors (Lipinski definition) is 1. The van der Waals surface area contributed by atoms with E-state index in [-0.39, 0.29) is 18.2 Å². The third kappa shape index (κ3) is 4.69. The number of rotatable bonds is 5. The van der Waals surface area contributed by atoms with Crippen LogP contribution in [0.1, 0.15) is 6.42 Å². The Morgan fingerprint density at radius 3 is 2.42 bits per heavy atom. The summed E-state index contributed by atoms with van der Waals surface area (Å²) in [6.07, 6.45) is 0.168. The number of fused-ring (bicyclic) bond motifs is 1. The monoisotopic (exact) mass is 456 g/mol. The molecule has 5 nitrogen and oxygen atoms in total. The van der Waals surface area contributed by atoms with Crippen LogP contribution in [0.4, 0.5) is 11.4 Å². The fourth-order valence-corrected chi connectivity index (χ4v) is 4.18. The molecule has 6 heteroatoms. The Labute approximate surface area is 196 Å². The van der Waals surface area contributed by atoms with E-state index in [1.165, 1.54) is 0 Å². The smallest absolute Gasteiger partial charge is 0.229 e. The Hall–Kier alpha value is -3.83. The van der Waals surface area contributed by atoms with Gasteiger partial charge in [-0.2, -0.15) is 0 Å². The SMILES string of the molecule is O=C(Nc1ccc(Oc2ccc3ccccc3c2)cc1)[C@H]1CC(=O)N(c2cccc(Cl)c2)C1. The number of halogens is 1. The van der Waals surface area contributed by atoms with Gasteiger partial charge in [0.05, 0.1) is 5.92 Å². The zero-order valence-corrected chi connectivity index (χ0v) is 18.5. The Balaban J connectivity index is 1.22. The average Bonchev–Trinajstić information content (AvgIpc) is 3.22. The summed E-state index contributed by atoms with van der Waals surface area (Å²) < 4.78 is 5.96. The number of hydrogen-bond acceptors (Lipinski definition) is 3. The van der Waals surface area contributed by atoms with Gasteiger partial charge in [-0.15, -0.1) is 0 Å². The molecular weight excluding hydrogens is 436 g/mol. The number of benzene rings is 4. The maximum Gasteiger partial charge on any atom is 0.229 e. The Kier molecular flexibility index (Phi) is 5.71. The van der Waals surface area contributed by atoms with Gasteiger partial charge in [0.15, 0.2) is 0 Å². The molecule has 0 aromatic heterocycles. The maximum atomic E-state index is 12.8. The standard InChI is InChI=1S/C27H21ClN2O3/c28-21-6-3-7-23(16-21)30-17-20(15-26(30)31)27(32)29-22-9-12-24(13-10-22)33-25-11-8-18-4-1-2-5-19(18)14-25/h1-14,16,20H,15,17H2,(H,29,32)/t20-/m0/s1. The van der Waals surface area contributed by atoms with E-state index < -0.39 is 5.92 Å². The predicted molar refractivity (Wildman–Crippen MR) is 131 cm³/mol. The van der Waals surface area contributed by atoms with Gasteiger partial charge in [0.25, 0.3) is 0 Å². The molecule has 1 aliphatic rings. The van der Waals surface area contributed by atoms with Crippen LogP contribution in [0.15, 0.2) is 91.0 Å². The summed E-state index contributed by atoms with van der Waals surface area (Å²) in [6, 6.07) is 28.3. The molecule has 1 saturated heterocycles. The van der Waals surface area contributed by atoms with Crippen LogP contribution in [0.25, 0.3) is 10.8 Å². The van der Waals surface area contributed by atoms with Gasteiger partial charge in [-0.05, 0) is 65.4 Å². The van der Waals surface area contributed by atoms with Crippen molar-refractivity contribution in [3.63, 3.8) is 0 Å². The van der Waals surface area contributed by atoms with Crippen LogP contribution in [-0.4, -0.2) is 18.4 Å². The zero-order chi connectivity index (χ0) is 22.8. The largest absolute Gasteiger partial charge is 0.457 e. The van der Waals surface area contributed by atoms with Crippen molar-refractivity contribution >= 4 is 45.6 Å². The summed E-state index contributed by atoms with van der Waals surface area (Å²) in [7, 11) is 0. The van der Waals surface area contributed by atoms with Gasteiger partial charge in [0, 0.05) is 29.4 Å². The van der Waals surface area contributed by atoms with Crippen molar-refractivity contribution in [3.8, 4) is 11.5 Å². The third-order valence-electron chi connectivity index (χ3n) is 5.69. The first-order valence-corrected chi connectivity index (χ1v) is 11.1. The van der Waals surface area contributed by atoms with E-state index in [4.69, 9.17) is 16.3 Å². The second-order valence-corrected chi connectivity index (χ2v) is 8.45. The molecule has 4 aromatic carbocycles. The van der Waals surface area contributed by atoms with Gasteiger partial charge < -0.3 is 15.0 Å². The van der Waals surface area contributed by atoms with Crippen molar-refractivity contribution in [2.75, 3.05) is 16.8 Å². The van der Waals surface area contributed by atoms with E-state index in [1.54, 1.807) is 35.2 Å². The number of anilines is 2. The first kappa shape index (κ1) is 21.0. The highest BCUT2D eigenvalue weighted by molar-refractivity contribution is 6.31. The quantitative estimate of drug-likeness (QED) is 0.384. The van der Waals surface area contributed by atoms with Crippen molar-refractivity contribution in [2.45, 2.75) is 6.42 Å². The van der Waals surface area contributed by atoms with Gasteiger partial charge in [0.1, 0.15) is 11.5 Å². The minimum absolute atomic E-state index is 0.0865. The Morgan fingerprint density at radius 2 is 1.64 bits per heavy atom. The molecule has 33 heavy (non-hydrogen) atoms. The maximum absolute atomic E-state index is 12.8. The Morgan fingerprint density at radius 1 is 0.879 bits per heavy atom. The lowest BCUT2D eigenvalue weighted by Crippen LogP contribution is -2.28. The van der Waals surface area contributed by atoms with Crippen LogP contribution >= 0.6 is 11.6 Å². The highest BCUT2D eigenvalue weighted by atomic mass is 35.5. The van der Waals surface area contributed by atoms with Crippen LogP contribution in [0.3, 0.4) is 0 Å². The summed E-state index contributed by atoms with van der Waals surface area (Å²) in [4.78, 5) is 26.8. The topological polar surface area (TPSA) is 58.6 Å². The lowest BCUT2D eigenvalue weighted by Gasteiger charge is -2.17. The molecule has 0 aliphatic carbocycles. The minimum Gasteiger partial charge on any atom is -0.457 e. The number of carbonyl (C=O) groups is 2. The number of nitrogens with one attached hydrogen (secondary N) is 1. The van der Waals surface area contributed by atoms with Crippen LogP contribution in [-0.2, 0) is 9.59 Å². The molecule has 5 rings (SSSR count). The van der Waals surface area contributed by atoms with E-state index in [1.807, 2.05) is 54.6 Å². The normalized spacial score (nSPS) is 15.6. The van der Waals surface area contributed by atoms with Gasteiger partial charge in [0.2, 0.25) is 11.8 Å². The highest BCUT2D eigenvalue weighted by Crippen LogP contribution is 2.29. The molecule has 164 valence electrons. The molecule has 1 heterocycles. The van der Waals surface area contributed by atoms with E-state index in [2.05, 4.69) is 11.4 Å². The van der Waals surface area contributed by atoms with Gasteiger partial charge in [-0.25, -0.2) is 0 Å². The van der Waals surface area contributed by atoms with Crippen molar-refractivity contribution in [2.24, 2.45) is 5.92 Å². The number of ether oxygens (including phenoxy) is 1. The van der Waals surface area contributed by atoms with Crippen LogP contribution in [0.2, 0.25) is 5.02 Å². The van der Waals surface area contributed by atoms with Crippen molar-refractivity contribution in [3.05, 3.63) is 96.0 Å².